The Morgan fingerprint density at radius 3 is 0.750 bits per heavy atom. The largest absolute Gasteiger partial charge is 3.00 e. The van der Waals surface area contributed by atoms with Gasteiger partial charge in [-0.15, -0.1) is 0 Å². The molecule has 0 unspecified atom stereocenters. The van der Waals surface area contributed by atoms with Gasteiger partial charge in [-0.2, -0.15) is 0 Å². The predicted molar refractivity (Wildman–Crippen MR) is 20.5 cm³/mol. The SMILES string of the molecule is [Al+3].[Li+].[S-2].[S-2]. The summed E-state index contributed by atoms with van der Waals surface area (Å²) in [7, 11) is 0. The van der Waals surface area contributed by atoms with Crippen LogP contribution in [-0.4, -0.2) is 17.4 Å². The first-order valence-corrected chi connectivity index (χ1v) is 0. The quantitative estimate of drug-likeness (QED) is 0.277. The minimum Gasteiger partial charge on any atom is -2.00 e. The second kappa shape index (κ2) is 21.2. The van der Waals surface area contributed by atoms with Crippen molar-refractivity contribution in [2.45, 2.75) is 0 Å². The van der Waals surface area contributed by atoms with Gasteiger partial charge in [0.25, 0.3) is 0 Å². The van der Waals surface area contributed by atoms with E-state index in [0.29, 0.717) is 0 Å². The van der Waals surface area contributed by atoms with E-state index in [1.54, 1.807) is 0 Å². The first-order valence-electron chi connectivity index (χ1n) is 0. The molecule has 0 spiro atoms. The molecule has 4 heteroatoms. The fourth-order valence-corrected chi connectivity index (χ4v) is 0. The smallest absolute Gasteiger partial charge is 2.00 e. The van der Waals surface area contributed by atoms with Gasteiger partial charge >= 0.3 is 36.2 Å². The maximum Gasteiger partial charge on any atom is 3.00 e. The van der Waals surface area contributed by atoms with E-state index in [0.717, 1.165) is 0 Å². The van der Waals surface area contributed by atoms with Gasteiger partial charge < -0.3 is 27.0 Å². The summed E-state index contributed by atoms with van der Waals surface area (Å²) in [6, 6.07) is 0. The molecule has 0 nitrogen and oxygen atoms in total. The molecule has 0 aromatic heterocycles. The van der Waals surface area contributed by atoms with Crippen LogP contribution in [0.2, 0.25) is 0 Å². The fraction of sp³-hybridized carbons (Fsp3) is 0. The van der Waals surface area contributed by atoms with Crippen LogP contribution in [0.5, 0.6) is 0 Å². The van der Waals surface area contributed by atoms with E-state index < -0.39 is 0 Å². The molecule has 0 aromatic carbocycles. The summed E-state index contributed by atoms with van der Waals surface area (Å²) in [5.74, 6) is 0. The maximum absolute atomic E-state index is 0. The van der Waals surface area contributed by atoms with Gasteiger partial charge in [-0.25, -0.2) is 0 Å². The van der Waals surface area contributed by atoms with Gasteiger partial charge in [0.05, 0.1) is 0 Å². The zero-order valence-electron chi connectivity index (χ0n) is 2.39. The van der Waals surface area contributed by atoms with Gasteiger partial charge in [0, 0.05) is 0 Å². The molecule has 0 aliphatic rings. The van der Waals surface area contributed by atoms with Crippen LogP contribution < -0.4 is 18.9 Å². The summed E-state index contributed by atoms with van der Waals surface area (Å²) >= 11 is 0. The number of hydrogen-bond donors (Lipinski definition) is 0. The van der Waals surface area contributed by atoms with E-state index in [9.17, 15) is 0 Å². The van der Waals surface area contributed by atoms with Crippen molar-refractivity contribution >= 4 is 44.4 Å². The molecule has 4 heavy (non-hydrogen) atoms. The zero-order valence-corrected chi connectivity index (χ0v) is 5.18. The summed E-state index contributed by atoms with van der Waals surface area (Å²) in [6.45, 7) is 0. The Labute approximate surface area is 62.9 Å². The van der Waals surface area contributed by atoms with E-state index in [-0.39, 0.29) is 63.2 Å². The van der Waals surface area contributed by atoms with Gasteiger partial charge in [-0.3, -0.25) is 0 Å². The molecule has 0 amide bonds. The molecule has 16 valence electrons. The average Bonchev–Trinajstić information content (AvgIpc) is 0. The van der Waals surface area contributed by atoms with Gasteiger partial charge in [0.1, 0.15) is 0 Å². The topological polar surface area (TPSA) is 0 Å². The van der Waals surface area contributed by atoms with Crippen LogP contribution in [0, 0.1) is 0 Å². The molecular weight excluding hydrogens is 98.1 g/mol. The van der Waals surface area contributed by atoms with Crippen molar-refractivity contribution in [3.05, 3.63) is 0 Å². The van der Waals surface area contributed by atoms with Crippen LogP contribution in [0.4, 0.5) is 0 Å². The van der Waals surface area contributed by atoms with Crippen LogP contribution in [0.15, 0.2) is 0 Å². The van der Waals surface area contributed by atoms with E-state index in [1.807, 2.05) is 0 Å². The molecule has 0 aliphatic carbocycles. The fourth-order valence-electron chi connectivity index (χ4n) is 0. The minimum atomic E-state index is 0. The third-order valence-corrected chi connectivity index (χ3v) is 0. The van der Waals surface area contributed by atoms with Crippen LogP contribution in [-0.2, 0) is 27.0 Å². The van der Waals surface area contributed by atoms with Crippen LogP contribution in [0.3, 0.4) is 0 Å². The summed E-state index contributed by atoms with van der Waals surface area (Å²) in [6.07, 6.45) is 0. The van der Waals surface area contributed by atoms with Crippen LogP contribution >= 0.6 is 0 Å². The van der Waals surface area contributed by atoms with Crippen molar-refractivity contribution in [1.29, 1.82) is 0 Å². The Kier molecular flexibility index (Phi) is 215. The molecule has 0 aliphatic heterocycles. The molecule has 0 saturated carbocycles. The first-order chi connectivity index (χ1) is 0. The van der Waals surface area contributed by atoms with Crippen molar-refractivity contribution in [1.82, 2.24) is 0 Å². The second-order valence-corrected chi connectivity index (χ2v) is 0. The molecular formula is AlLiS2. The van der Waals surface area contributed by atoms with Crippen molar-refractivity contribution in [2.75, 3.05) is 0 Å². The summed E-state index contributed by atoms with van der Waals surface area (Å²) in [5, 5.41) is 0. The summed E-state index contributed by atoms with van der Waals surface area (Å²) in [5.41, 5.74) is 0. The number of rotatable bonds is 0. The Morgan fingerprint density at radius 2 is 0.750 bits per heavy atom. The third-order valence-electron chi connectivity index (χ3n) is 0. The minimum absolute atomic E-state index is 0. The average molecular weight is 98.1 g/mol. The normalized spacial score (nSPS) is 0. The number of hydrogen-bond acceptors (Lipinski definition) is 0. The van der Waals surface area contributed by atoms with Crippen molar-refractivity contribution in [3.8, 4) is 0 Å². The molecule has 0 aromatic rings. The third kappa shape index (κ3) is 9.16. The molecule has 0 N–H and O–H groups in total. The molecule has 0 saturated heterocycles. The van der Waals surface area contributed by atoms with Gasteiger partial charge in [0.15, 0.2) is 0 Å². The van der Waals surface area contributed by atoms with Crippen LogP contribution in [0.1, 0.15) is 0 Å². The van der Waals surface area contributed by atoms with Gasteiger partial charge in [-0.05, 0) is 0 Å². The molecule has 0 bridgehead atoms. The summed E-state index contributed by atoms with van der Waals surface area (Å²) < 4.78 is 0. The van der Waals surface area contributed by atoms with Crippen molar-refractivity contribution in [3.63, 3.8) is 0 Å². The van der Waals surface area contributed by atoms with Crippen molar-refractivity contribution < 1.29 is 18.9 Å². The molecule has 0 atom stereocenters. The van der Waals surface area contributed by atoms with E-state index in [4.69, 9.17) is 0 Å². The van der Waals surface area contributed by atoms with E-state index in [1.165, 1.54) is 0 Å². The monoisotopic (exact) mass is 97.9 g/mol. The Morgan fingerprint density at radius 1 is 0.750 bits per heavy atom. The van der Waals surface area contributed by atoms with Crippen LogP contribution in [0.25, 0.3) is 0 Å². The maximum atomic E-state index is 0. The Bertz CT molecular complexity index is 6.00. The predicted octanol–water partition coefficient (Wildman–Crippen LogP) is -3.38. The molecule has 0 rings (SSSR count). The van der Waals surface area contributed by atoms with Crippen molar-refractivity contribution in [2.24, 2.45) is 0 Å². The zero-order chi connectivity index (χ0) is 0. The Balaban J connectivity index is 0. The summed E-state index contributed by atoms with van der Waals surface area (Å²) in [4.78, 5) is 0. The standard InChI is InChI=1S/Al.Li.2S/q+3;+1;2*-2. The molecule has 0 heterocycles. The van der Waals surface area contributed by atoms with E-state index >= 15 is 0 Å². The second-order valence-electron chi connectivity index (χ2n) is 0. The van der Waals surface area contributed by atoms with E-state index in [2.05, 4.69) is 0 Å². The van der Waals surface area contributed by atoms with Gasteiger partial charge in [0.2, 0.25) is 0 Å². The Hall–Kier alpha value is 1.83. The first kappa shape index (κ1) is 40.6. The molecule has 0 radical (unpaired) electrons. The van der Waals surface area contributed by atoms with Gasteiger partial charge in [-0.1, -0.05) is 0 Å². The molecule has 0 fully saturated rings.